The molecule has 0 saturated heterocycles. The van der Waals surface area contributed by atoms with Crippen molar-refractivity contribution in [1.82, 2.24) is 0 Å². The molecule has 0 rings (SSSR count). The van der Waals surface area contributed by atoms with Gasteiger partial charge in [0, 0.05) is 13.3 Å². The molecule has 0 bridgehead atoms. The zero-order chi connectivity index (χ0) is 9.56. The minimum Gasteiger partial charge on any atom is -0.397 e. The quantitative estimate of drug-likeness (QED) is 0.388. The van der Waals surface area contributed by atoms with E-state index in [-0.39, 0.29) is 0 Å². The summed E-state index contributed by atoms with van der Waals surface area (Å²) in [7, 11) is 1.60. The molecular weight excluding hydrogens is 150 g/mol. The minimum atomic E-state index is 0.379. The van der Waals surface area contributed by atoms with Crippen LogP contribution in [-0.2, 0) is 0 Å². The Kier molecular flexibility index (Phi) is 4.47. The van der Waals surface area contributed by atoms with Crippen molar-refractivity contribution in [2.45, 2.75) is 13.3 Å². The van der Waals surface area contributed by atoms with E-state index in [0.29, 0.717) is 11.3 Å². The molecule has 0 aliphatic heterocycles. The van der Waals surface area contributed by atoms with Gasteiger partial charge in [-0.1, -0.05) is 13.5 Å². The highest BCUT2D eigenvalue weighted by molar-refractivity contribution is 5.85. The predicted octanol–water partition coefficient (Wildman–Crippen LogP) is 1.39. The fourth-order valence-corrected chi connectivity index (χ4v) is 0.669. The predicted molar refractivity (Wildman–Crippen MR) is 50.7 cm³/mol. The summed E-state index contributed by atoms with van der Waals surface area (Å²) in [6, 6.07) is 1.96. The van der Waals surface area contributed by atoms with Gasteiger partial charge in [-0.05, 0) is 12.0 Å². The van der Waals surface area contributed by atoms with Crippen molar-refractivity contribution in [3.8, 4) is 6.07 Å². The maximum absolute atomic E-state index is 8.65. The average molecular weight is 163 g/mol. The Morgan fingerprint density at radius 3 is 2.67 bits per heavy atom. The van der Waals surface area contributed by atoms with Crippen LogP contribution in [0.4, 0.5) is 0 Å². The third-order valence-electron chi connectivity index (χ3n) is 1.48. The molecular formula is C9H13N3. The summed E-state index contributed by atoms with van der Waals surface area (Å²) in [5.74, 6) is 0. The fourth-order valence-electron chi connectivity index (χ4n) is 0.669. The summed E-state index contributed by atoms with van der Waals surface area (Å²) in [4.78, 5) is 3.72. The van der Waals surface area contributed by atoms with Crippen LogP contribution in [0.15, 0.2) is 28.4 Å². The minimum absolute atomic E-state index is 0.379. The van der Waals surface area contributed by atoms with Gasteiger partial charge in [0.25, 0.3) is 0 Å². The van der Waals surface area contributed by atoms with Crippen molar-refractivity contribution in [2.24, 2.45) is 10.7 Å². The Labute approximate surface area is 72.9 Å². The molecule has 3 heteroatoms. The van der Waals surface area contributed by atoms with E-state index in [9.17, 15) is 0 Å². The van der Waals surface area contributed by atoms with Crippen LogP contribution < -0.4 is 5.73 Å². The Morgan fingerprint density at radius 2 is 2.33 bits per heavy atom. The second kappa shape index (κ2) is 5.14. The first kappa shape index (κ1) is 10.4. The molecule has 3 nitrogen and oxygen atoms in total. The maximum atomic E-state index is 8.65. The van der Waals surface area contributed by atoms with Crippen molar-refractivity contribution in [2.75, 3.05) is 7.05 Å². The number of allylic oxidation sites excluding steroid dienone is 2. The number of nitrogens with zero attached hydrogens (tertiary/aromatic N) is 2. The second-order valence-corrected chi connectivity index (χ2v) is 2.28. The lowest BCUT2D eigenvalue weighted by Gasteiger charge is -2.02. The molecule has 0 aromatic rings. The zero-order valence-electron chi connectivity index (χ0n) is 7.46. The van der Waals surface area contributed by atoms with E-state index in [0.717, 1.165) is 12.0 Å². The molecule has 0 aliphatic carbocycles. The highest BCUT2D eigenvalue weighted by atomic mass is 14.7. The lowest BCUT2D eigenvalue weighted by atomic mass is 10.1. The van der Waals surface area contributed by atoms with Crippen molar-refractivity contribution in [1.29, 1.82) is 5.26 Å². The Balaban J connectivity index is 4.87. The molecule has 0 fully saturated rings. The van der Waals surface area contributed by atoms with Crippen LogP contribution in [0.1, 0.15) is 13.3 Å². The van der Waals surface area contributed by atoms with Crippen LogP contribution in [0, 0.1) is 11.3 Å². The van der Waals surface area contributed by atoms with E-state index in [1.807, 2.05) is 13.0 Å². The van der Waals surface area contributed by atoms with Gasteiger partial charge in [0.1, 0.15) is 6.07 Å². The lowest BCUT2D eigenvalue weighted by Crippen LogP contribution is -2.04. The van der Waals surface area contributed by atoms with E-state index in [4.69, 9.17) is 11.0 Å². The zero-order valence-corrected chi connectivity index (χ0v) is 7.46. The third-order valence-corrected chi connectivity index (χ3v) is 1.48. The van der Waals surface area contributed by atoms with Crippen molar-refractivity contribution >= 4 is 6.21 Å². The first-order valence-corrected chi connectivity index (χ1v) is 3.67. The van der Waals surface area contributed by atoms with Crippen molar-refractivity contribution in [3.05, 3.63) is 23.4 Å². The fraction of sp³-hybridized carbons (Fsp3) is 0.333. The summed E-state index contributed by atoms with van der Waals surface area (Å²) in [6.07, 6.45) is 2.19. The van der Waals surface area contributed by atoms with Gasteiger partial charge in [-0.25, -0.2) is 0 Å². The van der Waals surface area contributed by atoms with Crippen LogP contribution in [0.3, 0.4) is 0 Å². The number of nitrogens with two attached hydrogens (primary N) is 1. The molecule has 0 aromatic carbocycles. The third kappa shape index (κ3) is 2.59. The molecule has 0 amide bonds. The molecule has 0 unspecified atom stereocenters. The Hall–Kier alpha value is -1.56. The molecule has 0 spiro atoms. The largest absolute Gasteiger partial charge is 0.397 e. The number of hydrogen-bond acceptors (Lipinski definition) is 3. The normalized spacial score (nSPS) is 12.4. The van der Waals surface area contributed by atoms with Crippen LogP contribution in [0.25, 0.3) is 0 Å². The molecule has 12 heavy (non-hydrogen) atoms. The first-order valence-electron chi connectivity index (χ1n) is 3.67. The highest BCUT2D eigenvalue weighted by Crippen LogP contribution is 2.08. The van der Waals surface area contributed by atoms with Gasteiger partial charge in [0.2, 0.25) is 0 Å². The molecule has 0 heterocycles. The summed E-state index contributed by atoms with van der Waals surface area (Å²) >= 11 is 0. The Bertz CT molecular complexity index is 266. The summed E-state index contributed by atoms with van der Waals surface area (Å²) < 4.78 is 0. The van der Waals surface area contributed by atoms with E-state index in [1.165, 1.54) is 6.21 Å². The summed E-state index contributed by atoms with van der Waals surface area (Å²) in [6.45, 7) is 5.67. The molecule has 0 aliphatic rings. The van der Waals surface area contributed by atoms with Gasteiger partial charge in [-0.3, -0.25) is 4.99 Å². The van der Waals surface area contributed by atoms with E-state index in [1.54, 1.807) is 7.05 Å². The Morgan fingerprint density at radius 1 is 1.75 bits per heavy atom. The molecule has 0 radical (unpaired) electrons. The number of hydrogen-bond donors (Lipinski definition) is 1. The van der Waals surface area contributed by atoms with Gasteiger partial charge < -0.3 is 5.73 Å². The van der Waals surface area contributed by atoms with Gasteiger partial charge in [0.05, 0.1) is 11.3 Å². The van der Waals surface area contributed by atoms with Crippen LogP contribution in [-0.4, -0.2) is 13.3 Å². The summed E-state index contributed by atoms with van der Waals surface area (Å²) in [5, 5.41) is 8.65. The van der Waals surface area contributed by atoms with Gasteiger partial charge in [-0.15, -0.1) is 0 Å². The van der Waals surface area contributed by atoms with Gasteiger partial charge in [-0.2, -0.15) is 5.26 Å². The molecule has 0 atom stereocenters. The number of nitriles is 1. The molecule has 2 N–H and O–H groups in total. The van der Waals surface area contributed by atoms with E-state index < -0.39 is 0 Å². The topological polar surface area (TPSA) is 62.2 Å². The number of rotatable bonds is 3. The van der Waals surface area contributed by atoms with Crippen molar-refractivity contribution < 1.29 is 0 Å². The van der Waals surface area contributed by atoms with E-state index in [2.05, 4.69) is 11.6 Å². The number of aliphatic imine (C=N–C) groups is 1. The smallest absolute Gasteiger partial charge is 0.103 e. The molecule has 0 aromatic heterocycles. The standard InChI is InChI=1S/C9H13N3/c1-4-7(2)9(11)8(5-10)6-12-3/h6H,2,4,11H2,1,3H3/b9-8+,12-6-. The first-order chi connectivity index (χ1) is 5.67. The van der Waals surface area contributed by atoms with Crippen LogP contribution >= 0.6 is 0 Å². The molecule has 64 valence electrons. The van der Waals surface area contributed by atoms with Crippen LogP contribution in [0.2, 0.25) is 0 Å². The monoisotopic (exact) mass is 163 g/mol. The van der Waals surface area contributed by atoms with Gasteiger partial charge >= 0.3 is 0 Å². The average Bonchev–Trinajstić information content (AvgIpc) is 2.11. The SMILES string of the molecule is C=C(CC)/C(N)=C(C#N)\C=N/C. The van der Waals surface area contributed by atoms with Gasteiger partial charge in [0.15, 0.2) is 0 Å². The molecule has 0 saturated carbocycles. The maximum Gasteiger partial charge on any atom is 0.103 e. The van der Waals surface area contributed by atoms with E-state index >= 15 is 0 Å². The summed E-state index contributed by atoms with van der Waals surface area (Å²) in [5.41, 5.74) is 7.22. The van der Waals surface area contributed by atoms with Crippen LogP contribution in [0.5, 0.6) is 0 Å². The van der Waals surface area contributed by atoms with Crippen molar-refractivity contribution in [3.63, 3.8) is 0 Å². The second-order valence-electron chi connectivity index (χ2n) is 2.28. The lowest BCUT2D eigenvalue weighted by molar-refractivity contribution is 1.09. The highest BCUT2D eigenvalue weighted by Gasteiger charge is 2.01.